The highest BCUT2D eigenvalue weighted by Gasteiger charge is 2.44. The number of carbonyl (C=O) groups is 1. The predicted octanol–water partition coefficient (Wildman–Crippen LogP) is 3.55. The molecule has 1 saturated heterocycles. The molecule has 0 bridgehead atoms. The highest BCUT2D eigenvalue weighted by Crippen LogP contribution is 2.47. The van der Waals surface area contributed by atoms with Crippen LogP contribution in [0.2, 0.25) is 0 Å². The largest absolute Gasteiger partial charge is 0.337 e. The third-order valence-corrected chi connectivity index (χ3v) is 6.13. The molecule has 0 atom stereocenters. The Kier molecular flexibility index (Phi) is 5.17. The molecule has 2 aliphatic rings. The number of carbonyl (C=O) groups excluding carboxylic acids is 1. The molecular weight excluding hydrogens is 334 g/mol. The van der Waals surface area contributed by atoms with Gasteiger partial charge >= 0.3 is 6.03 Å². The number of urea groups is 1. The lowest BCUT2D eigenvalue weighted by molar-refractivity contribution is 0.134. The van der Waals surface area contributed by atoms with Crippen LogP contribution in [0.5, 0.6) is 0 Å². The quantitative estimate of drug-likeness (QED) is 0.882. The lowest BCUT2D eigenvalue weighted by Gasteiger charge is -2.35. The number of aryl methyl sites for hydroxylation is 1. The number of hydrogen-bond donors (Lipinski definition) is 1. The molecule has 1 saturated carbocycles. The molecule has 4 rings (SSSR count). The summed E-state index contributed by atoms with van der Waals surface area (Å²) in [5.74, 6) is 0. The highest BCUT2D eigenvalue weighted by molar-refractivity contribution is 5.74. The van der Waals surface area contributed by atoms with Gasteiger partial charge in [-0.05, 0) is 36.5 Å². The molecule has 142 valence electrons. The van der Waals surface area contributed by atoms with Gasteiger partial charge < -0.3 is 10.2 Å². The molecule has 4 nitrogen and oxygen atoms in total. The van der Waals surface area contributed by atoms with Crippen LogP contribution in [0.15, 0.2) is 54.6 Å². The van der Waals surface area contributed by atoms with Crippen LogP contribution in [-0.2, 0) is 12.0 Å². The lowest BCUT2D eigenvalue weighted by atomic mass is 9.96. The molecule has 0 spiro atoms. The van der Waals surface area contributed by atoms with E-state index in [9.17, 15) is 4.79 Å². The van der Waals surface area contributed by atoms with Crippen molar-refractivity contribution in [1.29, 1.82) is 0 Å². The maximum absolute atomic E-state index is 12.6. The van der Waals surface area contributed by atoms with Crippen molar-refractivity contribution in [2.45, 2.75) is 31.7 Å². The average Bonchev–Trinajstić information content (AvgIpc) is 3.50. The second-order valence-electron chi connectivity index (χ2n) is 7.99. The van der Waals surface area contributed by atoms with Crippen molar-refractivity contribution in [2.24, 2.45) is 0 Å². The van der Waals surface area contributed by atoms with Gasteiger partial charge in [-0.2, -0.15) is 0 Å². The van der Waals surface area contributed by atoms with Gasteiger partial charge in [-0.25, -0.2) is 4.79 Å². The molecule has 0 aromatic heterocycles. The van der Waals surface area contributed by atoms with Crippen LogP contribution in [0.4, 0.5) is 4.79 Å². The Bertz CT molecular complexity index is 777. The SMILES string of the molecule is Cc1ccccc1CN1CCN(C(=O)NCC2(c3ccccc3)CC2)CC1. The van der Waals surface area contributed by atoms with Gasteiger partial charge in [0.15, 0.2) is 0 Å². The number of nitrogens with one attached hydrogen (secondary N) is 1. The van der Waals surface area contributed by atoms with Crippen molar-refractivity contribution >= 4 is 6.03 Å². The topological polar surface area (TPSA) is 35.6 Å². The van der Waals surface area contributed by atoms with E-state index in [2.05, 4.69) is 71.7 Å². The van der Waals surface area contributed by atoms with Crippen molar-refractivity contribution in [3.8, 4) is 0 Å². The summed E-state index contributed by atoms with van der Waals surface area (Å²) >= 11 is 0. The smallest absolute Gasteiger partial charge is 0.317 e. The van der Waals surface area contributed by atoms with Gasteiger partial charge in [0.05, 0.1) is 0 Å². The third-order valence-electron chi connectivity index (χ3n) is 6.13. The first-order valence-electron chi connectivity index (χ1n) is 10.0. The van der Waals surface area contributed by atoms with E-state index < -0.39 is 0 Å². The number of nitrogens with zero attached hydrogens (tertiary/aromatic N) is 2. The van der Waals surface area contributed by atoms with E-state index in [1.165, 1.54) is 29.5 Å². The maximum atomic E-state index is 12.6. The van der Waals surface area contributed by atoms with Gasteiger partial charge in [0, 0.05) is 44.7 Å². The molecule has 1 aliphatic heterocycles. The second-order valence-corrected chi connectivity index (χ2v) is 7.99. The molecule has 0 radical (unpaired) electrons. The molecular formula is C23H29N3O. The van der Waals surface area contributed by atoms with Gasteiger partial charge in [0.1, 0.15) is 0 Å². The molecule has 27 heavy (non-hydrogen) atoms. The Hall–Kier alpha value is -2.33. The number of amides is 2. The van der Waals surface area contributed by atoms with Crippen LogP contribution in [0.25, 0.3) is 0 Å². The van der Waals surface area contributed by atoms with Gasteiger partial charge in [-0.1, -0.05) is 54.6 Å². The van der Waals surface area contributed by atoms with Crippen molar-refractivity contribution in [3.63, 3.8) is 0 Å². The van der Waals surface area contributed by atoms with Crippen molar-refractivity contribution in [3.05, 3.63) is 71.3 Å². The summed E-state index contributed by atoms with van der Waals surface area (Å²) in [6.45, 7) is 7.36. The van der Waals surface area contributed by atoms with Crippen LogP contribution in [0.1, 0.15) is 29.5 Å². The zero-order valence-corrected chi connectivity index (χ0v) is 16.2. The van der Waals surface area contributed by atoms with Crippen LogP contribution in [0.3, 0.4) is 0 Å². The van der Waals surface area contributed by atoms with E-state index in [4.69, 9.17) is 0 Å². The highest BCUT2D eigenvalue weighted by atomic mass is 16.2. The van der Waals surface area contributed by atoms with Crippen LogP contribution in [-0.4, -0.2) is 48.6 Å². The zero-order valence-electron chi connectivity index (χ0n) is 16.2. The maximum Gasteiger partial charge on any atom is 0.317 e. The summed E-state index contributed by atoms with van der Waals surface area (Å²) in [4.78, 5) is 17.0. The minimum Gasteiger partial charge on any atom is -0.337 e. The number of rotatable bonds is 5. The van der Waals surface area contributed by atoms with E-state index in [-0.39, 0.29) is 11.4 Å². The average molecular weight is 364 g/mol. The molecule has 2 aromatic carbocycles. The van der Waals surface area contributed by atoms with Crippen molar-refractivity contribution < 1.29 is 4.79 Å². The first-order valence-corrected chi connectivity index (χ1v) is 10.0. The van der Waals surface area contributed by atoms with E-state index in [1.54, 1.807) is 0 Å². The standard InChI is InChI=1S/C23H29N3O/c1-19-7-5-6-8-20(19)17-25-13-15-26(16-14-25)22(27)24-18-23(11-12-23)21-9-3-2-4-10-21/h2-10H,11-18H2,1H3,(H,24,27). The number of benzene rings is 2. The van der Waals surface area contributed by atoms with E-state index in [0.717, 1.165) is 39.3 Å². The van der Waals surface area contributed by atoms with Crippen LogP contribution >= 0.6 is 0 Å². The number of piperazine rings is 1. The minimum absolute atomic E-state index is 0.0905. The van der Waals surface area contributed by atoms with E-state index in [0.29, 0.717) is 0 Å². The van der Waals surface area contributed by atoms with Crippen molar-refractivity contribution in [2.75, 3.05) is 32.7 Å². The summed E-state index contributed by atoms with van der Waals surface area (Å²) in [5.41, 5.74) is 4.25. The van der Waals surface area contributed by atoms with Gasteiger partial charge in [0.25, 0.3) is 0 Å². The monoisotopic (exact) mass is 363 g/mol. The molecule has 0 unspecified atom stereocenters. The summed E-state index contributed by atoms with van der Waals surface area (Å²) in [7, 11) is 0. The molecule has 1 aliphatic carbocycles. The van der Waals surface area contributed by atoms with Crippen molar-refractivity contribution in [1.82, 2.24) is 15.1 Å². The molecule has 1 N–H and O–H groups in total. The fourth-order valence-electron chi connectivity index (χ4n) is 4.00. The fraction of sp³-hybridized carbons (Fsp3) is 0.435. The van der Waals surface area contributed by atoms with Gasteiger partial charge in [0.2, 0.25) is 0 Å². The Morgan fingerprint density at radius 3 is 2.30 bits per heavy atom. The molecule has 1 heterocycles. The first-order chi connectivity index (χ1) is 13.2. The summed E-state index contributed by atoms with van der Waals surface area (Å²) in [5, 5.41) is 3.20. The Labute approximate surface area is 162 Å². The second kappa shape index (κ2) is 7.73. The number of hydrogen-bond acceptors (Lipinski definition) is 2. The molecule has 2 amide bonds. The van der Waals surface area contributed by atoms with E-state index in [1.807, 2.05) is 4.90 Å². The van der Waals surface area contributed by atoms with E-state index >= 15 is 0 Å². The first kappa shape index (κ1) is 18.1. The van der Waals surface area contributed by atoms with Crippen LogP contribution < -0.4 is 5.32 Å². The molecule has 2 fully saturated rings. The van der Waals surface area contributed by atoms with Gasteiger partial charge in [-0.15, -0.1) is 0 Å². The lowest BCUT2D eigenvalue weighted by Crippen LogP contribution is -2.52. The molecule has 2 aromatic rings. The normalized spacial score (nSPS) is 18.9. The Morgan fingerprint density at radius 1 is 0.963 bits per heavy atom. The fourth-order valence-corrected chi connectivity index (χ4v) is 4.00. The predicted molar refractivity (Wildman–Crippen MR) is 109 cm³/mol. The Morgan fingerprint density at radius 2 is 1.63 bits per heavy atom. The summed E-state index contributed by atoms with van der Waals surface area (Å²) < 4.78 is 0. The zero-order chi connectivity index (χ0) is 18.7. The van der Waals surface area contributed by atoms with Gasteiger partial charge in [-0.3, -0.25) is 4.90 Å². The Balaban J connectivity index is 1.25. The molecule has 4 heteroatoms. The summed E-state index contributed by atoms with van der Waals surface area (Å²) in [6, 6.07) is 19.2. The minimum atomic E-state index is 0.0905. The van der Waals surface area contributed by atoms with Crippen LogP contribution in [0, 0.1) is 6.92 Å². The third kappa shape index (κ3) is 4.16. The summed E-state index contributed by atoms with van der Waals surface area (Å²) in [6.07, 6.45) is 2.34.